The summed E-state index contributed by atoms with van der Waals surface area (Å²) in [7, 11) is 1.97. The predicted octanol–water partition coefficient (Wildman–Crippen LogP) is 3.45. The summed E-state index contributed by atoms with van der Waals surface area (Å²) in [5.74, 6) is 0. The van der Waals surface area contributed by atoms with Crippen LogP contribution in [0.4, 0.5) is 0 Å². The Bertz CT molecular complexity index is 471. The number of likely N-dealkylation sites (N-methyl/N-ethyl adjacent to an activating group) is 1. The molecule has 0 aliphatic rings. The van der Waals surface area contributed by atoms with E-state index in [9.17, 15) is 0 Å². The van der Waals surface area contributed by atoms with Crippen molar-refractivity contribution in [3.05, 3.63) is 71.8 Å². The van der Waals surface area contributed by atoms with Gasteiger partial charge in [-0.15, -0.1) is 0 Å². The Hall–Kier alpha value is -1.86. The first-order valence-electron chi connectivity index (χ1n) is 5.86. The predicted molar refractivity (Wildman–Crippen MR) is 74.7 cm³/mol. The Kier molecular flexibility index (Phi) is 4.11. The van der Waals surface area contributed by atoms with E-state index < -0.39 is 0 Å². The average molecular weight is 223 g/mol. The molecule has 1 heteroatoms. The van der Waals surface area contributed by atoms with E-state index in [-0.39, 0.29) is 0 Å². The van der Waals surface area contributed by atoms with Crippen LogP contribution >= 0.6 is 0 Å². The minimum atomic E-state index is 0.874. The second-order valence-electron chi connectivity index (χ2n) is 3.98. The number of hydrogen-bond acceptors (Lipinski definition) is 1. The summed E-state index contributed by atoms with van der Waals surface area (Å²) < 4.78 is 0. The van der Waals surface area contributed by atoms with Crippen LogP contribution in [-0.2, 0) is 0 Å². The van der Waals surface area contributed by atoms with Crippen LogP contribution in [0.1, 0.15) is 11.1 Å². The maximum absolute atomic E-state index is 3.22. The van der Waals surface area contributed by atoms with Gasteiger partial charge in [-0.3, -0.25) is 0 Å². The van der Waals surface area contributed by atoms with Gasteiger partial charge < -0.3 is 5.32 Å². The van der Waals surface area contributed by atoms with Crippen molar-refractivity contribution in [3.8, 4) is 0 Å². The lowest BCUT2D eigenvalue weighted by Crippen LogP contribution is -2.09. The standard InChI is InChI=1S/C16H17N/c1-17-13-16(15-10-6-3-7-11-15)12-14-8-4-2-5-9-14/h2-12,17H,13H2,1H3/b16-12+. The monoisotopic (exact) mass is 223 g/mol. The van der Waals surface area contributed by atoms with Crippen LogP contribution in [0.15, 0.2) is 60.7 Å². The number of rotatable bonds is 4. The lowest BCUT2D eigenvalue weighted by molar-refractivity contribution is 0.933. The van der Waals surface area contributed by atoms with E-state index >= 15 is 0 Å². The molecule has 1 nitrogen and oxygen atoms in total. The zero-order valence-corrected chi connectivity index (χ0v) is 10.1. The lowest BCUT2D eigenvalue weighted by atomic mass is 10.0. The zero-order valence-electron chi connectivity index (χ0n) is 10.1. The van der Waals surface area contributed by atoms with Gasteiger partial charge in [-0.05, 0) is 29.8 Å². The molecule has 2 aromatic carbocycles. The highest BCUT2D eigenvalue weighted by Crippen LogP contribution is 2.17. The highest BCUT2D eigenvalue weighted by atomic mass is 14.8. The van der Waals surface area contributed by atoms with Gasteiger partial charge in [-0.25, -0.2) is 0 Å². The maximum atomic E-state index is 3.22. The minimum Gasteiger partial charge on any atom is -0.316 e. The van der Waals surface area contributed by atoms with E-state index in [4.69, 9.17) is 0 Å². The molecule has 86 valence electrons. The first-order chi connectivity index (χ1) is 8.40. The van der Waals surface area contributed by atoms with Crippen molar-refractivity contribution in [1.82, 2.24) is 5.32 Å². The zero-order chi connectivity index (χ0) is 11.9. The third-order valence-electron chi connectivity index (χ3n) is 2.65. The van der Waals surface area contributed by atoms with Crippen molar-refractivity contribution in [3.63, 3.8) is 0 Å². The third-order valence-corrected chi connectivity index (χ3v) is 2.65. The molecule has 0 radical (unpaired) electrons. The van der Waals surface area contributed by atoms with Gasteiger partial charge in [0.2, 0.25) is 0 Å². The molecule has 2 rings (SSSR count). The van der Waals surface area contributed by atoms with Gasteiger partial charge in [0.05, 0.1) is 0 Å². The fraction of sp³-hybridized carbons (Fsp3) is 0.125. The summed E-state index contributed by atoms with van der Waals surface area (Å²) >= 11 is 0. The fourth-order valence-corrected chi connectivity index (χ4v) is 1.83. The Balaban J connectivity index is 2.33. The molecule has 0 bridgehead atoms. The van der Waals surface area contributed by atoms with Crippen molar-refractivity contribution in [2.45, 2.75) is 0 Å². The van der Waals surface area contributed by atoms with Gasteiger partial charge in [0.25, 0.3) is 0 Å². The first kappa shape index (κ1) is 11.6. The average Bonchev–Trinajstić information content (AvgIpc) is 2.40. The Morgan fingerprint density at radius 3 is 2.12 bits per heavy atom. The molecule has 0 fully saturated rings. The molecule has 0 aliphatic carbocycles. The van der Waals surface area contributed by atoms with Crippen LogP contribution < -0.4 is 5.32 Å². The summed E-state index contributed by atoms with van der Waals surface area (Å²) in [5, 5.41) is 3.22. The van der Waals surface area contributed by atoms with Crippen LogP contribution in [0, 0.1) is 0 Å². The molecule has 17 heavy (non-hydrogen) atoms. The smallest absolute Gasteiger partial charge is 0.0208 e. The fourth-order valence-electron chi connectivity index (χ4n) is 1.83. The lowest BCUT2D eigenvalue weighted by Gasteiger charge is -2.07. The summed E-state index contributed by atoms with van der Waals surface area (Å²) in [6.07, 6.45) is 2.23. The Morgan fingerprint density at radius 2 is 1.53 bits per heavy atom. The van der Waals surface area contributed by atoms with Crippen LogP contribution in [0.25, 0.3) is 11.6 Å². The molecule has 1 N–H and O–H groups in total. The van der Waals surface area contributed by atoms with Crippen molar-refractivity contribution in [1.29, 1.82) is 0 Å². The van der Waals surface area contributed by atoms with Gasteiger partial charge in [0, 0.05) is 6.54 Å². The molecule has 0 aromatic heterocycles. The summed E-state index contributed by atoms with van der Waals surface area (Å²) in [4.78, 5) is 0. The van der Waals surface area contributed by atoms with E-state index in [1.807, 2.05) is 19.2 Å². The molecule has 0 heterocycles. The van der Waals surface area contributed by atoms with E-state index in [0.717, 1.165) is 6.54 Å². The van der Waals surface area contributed by atoms with Crippen LogP contribution in [-0.4, -0.2) is 13.6 Å². The molecule has 0 spiro atoms. The van der Waals surface area contributed by atoms with Crippen LogP contribution in [0.5, 0.6) is 0 Å². The van der Waals surface area contributed by atoms with Gasteiger partial charge >= 0.3 is 0 Å². The largest absolute Gasteiger partial charge is 0.316 e. The highest BCUT2D eigenvalue weighted by molar-refractivity contribution is 5.82. The number of benzene rings is 2. The van der Waals surface area contributed by atoms with Crippen molar-refractivity contribution in [2.75, 3.05) is 13.6 Å². The molecule has 2 aromatic rings. The number of nitrogens with one attached hydrogen (secondary N) is 1. The summed E-state index contributed by atoms with van der Waals surface area (Å²) in [5.41, 5.74) is 3.81. The second kappa shape index (κ2) is 6.02. The molecule has 0 amide bonds. The van der Waals surface area contributed by atoms with E-state index in [1.165, 1.54) is 16.7 Å². The topological polar surface area (TPSA) is 12.0 Å². The molecule has 0 saturated heterocycles. The van der Waals surface area contributed by atoms with Gasteiger partial charge in [0.15, 0.2) is 0 Å². The van der Waals surface area contributed by atoms with Gasteiger partial charge in [-0.1, -0.05) is 60.7 Å². The normalized spacial score (nSPS) is 11.5. The first-order valence-corrected chi connectivity index (χ1v) is 5.86. The molecular formula is C16H17N. The minimum absolute atomic E-state index is 0.874. The van der Waals surface area contributed by atoms with Gasteiger partial charge in [-0.2, -0.15) is 0 Å². The molecule has 0 atom stereocenters. The second-order valence-corrected chi connectivity index (χ2v) is 3.98. The number of hydrogen-bond donors (Lipinski definition) is 1. The third kappa shape index (κ3) is 3.30. The van der Waals surface area contributed by atoms with E-state index in [0.29, 0.717) is 0 Å². The van der Waals surface area contributed by atoms with Crippen molar-refractivity contribution < 1.29 is 0 Å². The summed E-state index contributed by atoms with van der Waals surface area (Å²) in [6.45, 7) is 0.874. The molecule has 0 aliphatic heterocycles. The Morgan fingerprint density at radius 1 is 0.941 bits per heavy atom. The molecular weight excluding hydrogens is 206 g/mol. The van der Waals surface area contributed by atoms with Crippen LogP contribution in [0.3, 0.4) is 0 Å². The van der Waals surface area contributed by atoms with Crippen molar-refractivity contribution >= 4 is 11.6 Å². The summed E-state index contributed by atoms with van der Waals surface area (Å²) in [6, 6.07) is 20.9. The quantitative estimate of drug-likeness (QED) is 0.783. The maximum Gasteiger partial charge on any atom is 0.0208 e. The van der Waals surface area contributed by atoms with Crippen molar-refractivity contribution in [2.24, 2.45) is 0 Å². The molecule has 0 saturated carbocycles. The van der Waals surface area contributed by atoms with E-state index in [1.54, 1.807) is 0 Å². The van der Waals surface area contributed by atoms with Crippen LogP contribution in [0.2, 0.25) is 0 Å². The Labute approximate surface area is 103 Å². The van der Waals surface area contributed by atoms with E-state index in [2.05, 4.69) is 59.9 Å². The van der Waals surface area contributed by atoms with Gasteiger partial charge in [0.1, 0.15) is 0 Å². The highest BCUT2D eigenvalue weighted by Gasteiger charge is 1.99. The molecule has 0 unspecified atom stereocenters. The SMILES string of the molecule is CNC/C(=C\c1ccccc1)c1ccccc1.